The Morgan fingerprint density at radius 2 is 1.90 bits per heavy atom. The van der Waals surface area contributed by atoms with Crippen molar-refractivity contribution in [2.24, 2.45) is 0 Å². The number of alkyl halides is 3. The average molecular weight is 439 g/mol. The van der Waals surface area contributed by atoms with Crippen LogP contribution in [-0.2, 0) is 6.18 Å². The number of carbonyl (C=O) groups excluding carboxylic acids is 1. The molecule has 11 heteroatoms. The largest absolute Gasteiger partial charge is 0.502 e. The van der Waals surface area contributed by atoms with E-state index in [2.05, 4.69) is 5.32 Å². The molecule has 0 bridgehead atoms. The number of nitro groups is 1. The fraction of sp³-hybridized carbons (Fsp3) is 0.350. The molecule has 1 amide bonds. The number of rotatable bonds is 6. The first kappa shape index (κ1) is 22.3. The Balaban J connectivity index is 1.79. The van der Waals surface area contributed by atoms with Crippen LogP contribution in [0, 0.1) is 10.1 Å². The molecule has 31 heavy (non-hydrogen) atoms. The molecule has 1 aliphatic rings. The highest BCUT2D eigenvalue weighted by atomic mass is 19.4. The van der Waals surface area contributed by atoms with E-state index in [1.807, 2.05) is 19.0 Å². The van der Waals surface area contributed by atoms with Gasteiger partial charge >= 0.3 is 11.9 Å². The van der Waals surface area contributed by atoms with Crippen LogP contribution in [0.3, 0.4) is 0 Å². The van der Waals surface area contributed by atoms with Crippen molar-refractivity contribution in [3.63, 3.8) is 0 Å². The van der Waals surface area contributed by atoms with E-state index in [4.69, 9.17) is 4.74 Å². The molecule has 0 radical (unpaired) electrons. The molecule has 0 aliphatic heterocycles. The van der Waals surface area contributed by atoms with Gasteiger partial charge in [-0.2, -0.15) is 13.2 Å². The van der Waals surface area contributed by atoms with Gasteiger partial charge in [-0.05, 0) is 57.3 Å². The maximum Gasteiger partial charge on any atom is 0.420 e. The van der Waals surface area contributed by atoms with E-state index in [1.54, 1.807) is 0 Å². The van der Waals surface area contributed by atoms with Crippen LogP contribution < -0.4 is 10.1 Å². The minimum absolute atomic E-state index is 0.153. The van der Waals surface area contributed by atoms with Gasteiger partial charge in [0.25, 0.3) is 5.91 Å². The van der Waals surface area contributed by atoms with E-state index in [0.29, 0.717) is 12.8 Å². The van der Waals surface area contributed by atoms with Crippen LogP contribution >= 0.6 is 0 Å². The first-order chi connectivity index (χ1) is 14.5. The SMILES string of the molecule is CN(C)C1CC(Oc2ccc(NC(=O)c3ccc(O)c([N+](=O)[O-])c3)cc2C(F)(F)F)C1. The van der Waals surface area contributed by atoms with Crippen molar-refractivity contribution < 1.29 is 32.7 Å². The van der Waals surface area contributed by atoms with E-state index >= 15 is 0 Å². The first-order valence-electron chi connectivity index (χ1n) is 9.28. The van der Waals surface area contributed by atoms with Gasteiger partial charge in [0, 0.05) is 23.4 Å². The van der Waals surface area contributed by atoms with Crippen LogP contribution in [0.5, 0.6) is 11.5 Å². The summed E-state index contributed by atoms with van der Waals surface area (Å²) in [5.74, 6) is -1.82. The average Bonchev–Trinajstić information content (AvgIpc) is 2.64. The zero-order valence-corrected chi connectivity index (χ0v) is 16.6. The van der Waals surface area contributed by atoms with Gasteiger partial charge in [-0.15, -0.1) is 0 Å². The van der Waals surface area contributed by atoms with Crippen molar-refractivity contribution in [3.8, 4) is 11.5 Å². The number of benzene rings is 2. The molecular formula is C20H20F3N3O5. The number of anilines is 1. The summed E-state index contributed by atoms with van der Waals surface area (Å²) in [5, 5.41) is 22.6. The molecule has 0 atom stereocenters. The van der Waals surface area contributed by atoms with Crippen molar-refractivity contribution >= 4 is 17.3 Å². The quantitative estimate of drug-likeness (QED) is 0.520. The molecule has 2 aromatic carbocycles. The minimum Gasteiger partial charge on any atom is -0.502 e. The molecule has 0 unspecified atom stereocenters. The van der Waals surface area contributed by atoms with Gasteiger partial charge in [-0.25, -0.2) is 0 Å². The number of nitrogens with zero attached hydrogens (tertiary/aromatic N) is 2. The van der Waals surface area contributed by atoms with E-state index in [9.17, 15) is 33.2 Å². The second-order valence-corrected chi connectivity index (χ2v) is 7.45. The van der Waals surface area contributed by atoms with Crippen LogP contribution in [0.15, 0.2) is 36.4 Å². The van der Waals surface area contributed by atoms with E-state index in [-0.39, 0.29) is 29.1 Å². The van der Waals surface area contributed by atoms with Gasteiger partial charge < -0.3 is 20.1 Å². The lowest BCUT2D eigenvalue weighted by atomic mass is 9.88. The normalized spacial score (nSPS) is 18.4. The van der Waals surface area contributed by atoms with Crippen molar-refractivity contribution in [2.45, 2.75) is 31.2 Å². The summed E-state index contributed by atoms with van der Waals surface area (Å²) >= 11 is 0. The van der Waals surface area contributed by atoms with Crippen LogP contribution in [0.4, 0.5) is 24.5 Å². The summed E-state index contributed by atoms with van der Waals surface area (Å²) in [6, 6.07) is 6.34. The Labute approximate surface area is 175 Å². The highest BCUT2D eigenvalue weighted by Crippen LogP contribution is 2.40. The van der Waals surface area contributed by atoms with Gasteiger partial charge in [0.05, 0.1) is 10.5 Å². The third-order valence-electron chi connectivity index (χ3n) is 5.07. The number of halogens is 3. The lowest BCUT2D eigenvalue weighted by Gasteiger charge is -2.39. The molecular weight excluding hydrogens is 419 g/mol. The van der Waals surface area contributed by atoms with Gasteiger partial charge in [0.2, 0.25) is 0 Å². The van der Waals surface area contributed by atoms with Crippen LogP contribution in [0.1, 0.15) is 28.8 Å². The van der Waals surface area contributed by atoms with Crippen molar-refractivity contribution in [3.05, 3.63) is 57.6 Å². The summed E-state index contributed by atoms with van der Waals surface area (Å²) in [6.07, 6.45) is -3.81. The lowest BCUT2D eigenvalue weighted by Crippen LogP contribution is -2.46. The number of phenols is 1. The zero-order valence-electron chi connectivity index (χ0n) is 16.6. The van der Waals surface area contributed by atoms with Crippen LogP contribution in [0.25, 0.3) is 0 Å². The molecule has 2 aromatic rings. The summed E-state index contributed by atoms with van der Waals surface area (Å²) in [5.41, 5.74) is -2.07. The van der Waals surface area contributed by atoms with Crippen LogP contribution in [-0.4, -0.2) is 47.1 Å². The predicted octanol–water partition coefficient (Wildman–Crippen LogP) is 4.04. The van der Waals surface area contributed by atoms with Crippen LogP contribution in [0.2, 0.25) is 0 Å². The molecule has 3 rings (SSSR count). The molecule has 166 valence electrons. The molecule has 1 saturated carbocycles. The first-order valence-corrected chi connectivity index (χ1v) is 9.28. The second-order valence-electron chi connectivity index (χ2n) is 7.45. The topological polar surface area (TPSA) is 105 Å². The summed E-state index contributed by atoms with van der Waals surface area (Å²) in [7, 11) is 3.78. The smallest absolute Gasteiger partial charge is 0.420 e. The van der Waals surface area contributed by atoms with E-state index in [1.165, 1.54) is 6.07 Å². The number of hydrogen-bond donors (Lipinski definition) is 2. The van der Waals surface area contributed by atoms with E-state index < -0.39 is 34.0 Å². The molecule has 1 fully saturated rings. The fourth-order valence-electron chi connectivity index (χ4n) is 3.18. The second kappa shape index (κ2) is 8.42. The molecule has 2 N–H and O–H groups in total. The maximum absolute atomic E-state index is 13.5. The Hall–Kier alpha value is -3.34. The number of amides is 1. The molecule has 0 saturated heterocycles. The number of ether oxygens (including phenoxy) is 1. The van der Waals surface area contributed by atoms with Gasteiger partial charge in [-0.3, -0.25) is 14.9 Å². The Kier molecular flexibility index (Phi) is 6.07. The van der Waals surface area contributed by atoms with Gasteiger partial charge in [0.1, 0.15) is 11.9 Å². The van der Waals surface area contributed by atoms with Crippen molar-refractivity contribution in [2.75, 3.05) is 19.4 Å². The predicted molar refractivity (Wildman–Crippen MR) is 105 cm³/mol. The lowest BCUT2D eigenvalue weighted by molar-refractivity contribution is -0.385. The van der Waals surface area contributed by atoms with Gasteiger partial charge in [0.15, 0.2) is 5.75 Å². The molecule has 0 spiro atoms. The monoisotopic (exact) mass is 439 g/mol. The number of nitrogens with one attached hydrogen (secondary N) is 1. The third kappa shape index (κ3) is 5.05. The number of carbonyl (C=O) groups is 1. The number of phenolic OH excluding ortho intramolecular Hbond substituents is 1. The summed E-state index contributed by atoms with van der Waals surface area (Å²) in [6.45, 7) is 0. The Morgan fingerprint density at radius 1 is 1.23 bits per heavy atom. The zero-order chi connectivity index (χ0) is 22.9. The number of nitro benzene ring substituents is 1. The Bertz CT molecular complexity index is 1000. The fourth-order valence-corrected chi connectivity index (χ4v) is 3.18. The number of aromatic hydroxyl groups is 1. The summed E-state index contributed by atoms with van der Waals surface area (Å²) < 4.78 is 46.2. The summed E-state index contributed by atoms with van der Waals surface area (Å²) in [4.78, 5) is 24.4. The highest BCUT2D eigenvalue weighted by molar-refractivity contribution is 6.04. The number of hydrogen-bond acceptors (Lipinski definition) is 6. The third-order valence-corrected chi connectivity index (χ3v) is 5.07. The molecule has 8 nitrogen and oxygen atoms in total. The molecule has 0 aromatic heterocycles. The maximum atomic E-state index is 13.5. The standard InChI is InChI=1S/C20H20F3N3O5/c1-25(2)13-9-14(10-13)31-18-6-4-12(8-15(18)20(21,22)23)24-19(28)11-3-5-17(27)16(7-11)26(29)30/h3-8,13-14,27H,9-10H2,1-2H3,(H,24,28). The molecule has 0 heterocycles. The molecule has 1 aliphatic carbocycles. The van der Waals surface area contributed by atoms with Gasteiger partial charge in [-0.1, -0.05) is 0 Å². The van der Waals surface area contributed by atoms with Crippen molar-refractivity contribution in [1.82, 2.24) is 4.90 Å². The Morgan fingerprint density at radius 3 is 2.48 bits per heavy atom. The highest BCUT2D eigenvalue weighted by Gasteiger charge is 2.38. The van der Waals surface area contributed by atoms with Crippen molar-refractivity contribution in [1.29, 1.82) is 0 Å². The minimum atomic E-state index is -4.71. The van der Waals surface area contributed by atoms with E-state index in [0.717, 1.165) is 30.3 Å².